The Bertz CT molecular complexity index is 374. The Morgan fingerprint density at radius 3 is 2.42 bits per heavy atom. The van der Waals surface area contributed by atoms with Gasteiger partial charge in [0.15, 0.2) is 0 Å². The third kappa shape index (κ3) is 3.82. The number of thiophene rings is 1. The first-order valence-corrected chi connectivity index (χ1v) is 8.80. The van der Waals surface area contributed by atoms with Gasteiger partial charge in [0, 0.05) is 9.75 Å². The Kier molecular flexibility index (Phi) is 5.47. The van der Waals surface area contributed by atoms with Gasteiger partial charge in [0.2, 0.25) is 0 Å². The molecule has 0 unspecified atom stereocenters. The molecule has 1 nitrogen and oxygen atoms in total. The number of rotatable bonds is 6. The Labute approximate surface area is 122 Å². The minimum Gasteiger partial charge on any atom is -0.330 e. The zero-order valence-corrected chi connectivity index (χ0v) is 13.4. The maximum atomic E-state index is 6.15. The Balaban J connectivity index is 1.96. The largest absolute Gasteiger partial charge is 0.330 e. The highest BCUT2D eigenvalue weighted by Gasteiger charge is 2.34. The first kappa shape index (κ1) is 15.1. The smallest absolute Gasteiger partial charge is 0.00541 e. The second kappa shape index (κ2) is 6.90. The van der Waals surface area contributed by atoms with Gasteiger partial charge in [-0.3, -0.25) is 0 Å². The lowest BCUT2D eigenvalue weighted by Gasteiger charge is -2.39. The first-order valence-electron chi connectivity index (χ1n) is 7.99. The van der Waals surface area contributed by atoms with Crippen LogP contribution in [0.3, 0.4) is 0 Å². The van der Waals surface area contributed by atoms with E-state index in [-0.39, 0.29) is 0 Å². The molecular weight excluding hydrogens is 250 g/mol. The second-order valence-corrected chi connectivity index (χ2v) is 7.59. The molecule has 0 aliphatic heterocycles. The minimum absolute atomic E-state index is 0.403. The molecule has 0 spiro atoms. The van der Waals surface area contributed by atoms with Crippen LogP contribution in [0.15, 0.2) is 12.1 Å². The van der Waals surface area contributed by atoms with Crippen LogP contribution in [0.25, 0.3) is 0 Å². The maximum Gasteiger partial charge on any atom is 0.00541 e. The Morgan fingerprint density at radius 1 is 1.21 bits per heavy atom. The molecule has 2 heteroatoms. The summed E-state index contributed by atoms with van der Waals surface area (Å²) in [4.78, 5) is 3.07. The van der Waals surface area contributed by atoms with Gasteiger partial charge in [0.05, 0.1) is 0 Å². The van der Waals surface area contributed by atoms with Crippen molar-refractivity contribution in [3.05, 3.63) is 21.9 Å². The van der Waals surface area contributed by atoms with Gasteiger partial charge in [-0.2, -0.15) is 0 Å². The fourth-order valence-electron chi connectivity index (χ4n) is 3.52. The van der Waals surface area contributed by atoms with Crippen LogP contribution in [0.2, 0.25) is 0 Å². The van der Waals surface area contributed by atoms with Crippen molar-refractivity contribution in [2.24, 2.45) is 17.1 Å². The van der Waals surface area contributed by atoms with Crippen molar-refractivity contribution in [3.63, 3.8) is 0 Å². The predicted molar refractivity (Wildman–Crippen MR) is 85.8 cm³/mol. The SMILES string of the molecule is CCCC1CCC(CN)(Cc2ccc(CC)s2)CC1. The summed E-state index contributed by atoms with van der Waals surface area (Å²) in [7, 11) is 0. The van der Waals surface area contributed by atoms with Crippen LogP contribution in [-0.2, 0) is 12.8 Å². The van der Waals surface area contributed by atoms with E-state index < -0.39 is 0 Å². The van der Waals surface area contributed by atoms with Crippen molar-refractivity contribution in [2.45, 2.75) is 65.2 Å². The summed E-state index contributed by atoms with van der Waals surface area (Å²) in [5, 5.41) is 0. The average Bonchev–Trinajstić information content (AvgIpc) is 2.89. The summed E-state index contributed by atoms with van der Waals surface area (Å²) in [5.74, 6) is 0.971. The molecule has 2 rings (SSSR count). The van der Waals surface area contributed by atoms with E-state index in [1.54, 1.807) is 4.88 Å². The molecule has 19 heavy (non-hydrogen) atoms. The van der Waals surface area contributed by atoms with Gasteiger partial charge in [-0.1, -0.05) is 26.7 Å². The van der Waals surface area contributed by atoms with Crippen molar-refractivity contribution >= 4 is 11.3 Å². The minimum atomic E-state index is 0.403. The molecule has 1 aromatic heterocycles. The summed E-state index contributed by atoms with van der Waals surface area (Å²) in [5.41, 5.74) is 6.55. The van der Waals surface area contributed by atoms with E-state index >= 15 is 0 Å². The zero-order chi connectivity index (χ0) is 13.7. The summed E-state index contributed by atoms with van der Waals surface area (Å²) >= 11 is 2.00. The maximum absolute atomic E-state index is 6.15. The molecule has 0 atom stereocenters. The monoisotopic (exact) mass is 279 g/mol. The Morgan fingerprint density at radius 2 is 1.89 bits per heavy atom. The van der Waals surface area contributed by atoms with Crippen LogP contribution < -0.4 is 5.73 Å². The van der Waals surface area contributed by atoms with E-state index in [0.717, 1.165) is 12.5 Å². The fraction of sp³-hybridized carbons (Fsp3) is 0.765. The fourth-order valence-corrected chi connectivity index (χ4v) is 4.65. The van der Waals surface area contributed by atoms with Gasteiger partial charge in [-0.25, -0.2) is 0 Å². The molecule has 1 aliphatic rings. The highest BCUT2D eigenvalue weighted by atomic mass is 32.1. The summed E-state index contributed by atoms with van der Waals surface area (Å²) in [6.45, 7) is 5.41. The van der Waals surface area contributed by atoms with Gasteiger partial charge < -0.3 is 5.73 Å². The van der Waals surface area contributed by atoms with Gasteiger partial charge in [-0.15, -0.1) is 11.3 Å². The molecule has 0 bridgehead atoms. The molecule has 0 radical (unpaired) electrons. The first-order chi connectivity index (χ1) is 9.21. The van der Waals surface area contributed by atoms with Crippen LogP contribution in [0.4, 0.5) is 0 Å². The Hall–Kier alpha value is -0.340. The van der Waals surface area contributed by atoms with E-state index in [1.165, 1.54) is 56.2 Å². The van der Waals surface area contributed by atoms with E-state index in [9.17, 15) is 0 Å². The number of aryl methyl sites for hydroxylation is 1. The van der Waals surface area contributed by atoms with Crippen LogP contribution in [-0.4, -0.2) is 6.54 Å². The summed E-state index contributed by atoms with van der Waals surface area (Å²) < 4.78 is 0. The molecule has 1 aliphatic carbocycles. The van der Waals surface area contributed by atoms with Gasteiger partial charge in [0.25, 0.3) is 0 Å². The molecule has 1 aromatic rings. The molecular formula is C17H29NS. The average molecular weight is 279 g/mol. The molecule has 1 saturated carbocycles. The van der Waals surface area contributed by atoms with E-state index in [1.807, 2.05) is 11.3 Å². The summed E-state index contributed by atoms with van der Waals surface area (Å²) in [6, 6.07) is 4.63. The molecule has 0 aromatic carbocycles. The van der Waals surface area contributed by atoms with E-state index in [4.69, 9.17) is 5.73 Å². The molecule has 108 valence electrons. The van der Waals surface area contributed by atoms with Crippen LogP contribution in [0.1, 0.15) is 62.1 Å². The van der Waals surface area contributed by atoms with Crippen LogP contribution >= 0.6 is 11.3 Å². The van der Waals surface area contributed by atoms with E-state index in [0.29, 0.717) is 5.41 Å². The zero-order valence-electron chi connectivity index (χ0n) is 12.6. The molecule has 1 heterocycles. The normalized spacial score (nSPS) is 27.6. The third-order valence-electron chi connectivity index (χ3n) is 4.91. The number of hydrogen-bond acceptors (Lipinski definition) is 2. The van der Waals surface area contributed by atoms with Crippen molar-refractivity contribution in [1.82, 2.24) is 0 Å². The van der Waals surface area contributed by atoms with Crippen LogP contribution in [0, 0.1) is 11.3 Å². The van der Waals surface area contributed by atoms with Crippen molar-refractivity contribution < 1.29 is 0 Å². The number of nitrogens with two attached hydrogens (primary N) is 1. The number of hydrogen-bond donors (Lipinski definition) is 1. The van der Waals surface area contributed by atoms with Gasteiger partial charge >= 0.3 is 0 Å². The lowest BCUT2D eigenvalue weighted by atomic mass is 9.67. The van der Waals surface area contributed by atoms with Gasteiger partial charge in [0.1, 0.15) is 0 Å². The lowest BCUT2D eigenvalue weighted by molar-refractivity contribution is 0.152. The molecule has 2 N–H and O–H groups in total. The summed E-state index contributed by atoms with van der Waals surface area (Å²) in [6.07, 6.45) is 10.6. The highest BCUT2D eigenvalue weighted by Crippen LogP contribution is 2.43. The van der Waals surface area contributed by atoms with E-state index in [2.05, 4.69) is 26.0 Å². The second-order valence-electron chi connectivity index (χ2n) is 6.33. The van der Waals surface area contributed by atoms with Crippen molar-refractivity contribution in [2.75, 3.05) is 6.54 Å². The van der Waals surface area contributed by atoms with Crippen LogP contribution in [0.5, 0.6) is 0 Å². The predicted octanol–water partition coefficient (Wildman–Crippen LogP) is 4.79. The van der Waals surface area contributed by atoms with Crippen molar-refractivity contribution in [3.8, 4) is 0 Å². The van der Waals surface area contributed by atoms with Gasteiger partial charge in [-0.05, 0) is 68.5 Å². The lowest BCUT2D eigenvalue weighted by Crippen LogP contribution is -2.36. The topological polar surface area (TPSA) is 26.0 Å². The standard InChI is InChI=1S/C17H29NS/c1-3-5-14-8-10-17(13-18,11-9-14)12-16-7-6-15(4-2)19-16/h6-7,14H,3-5,8-13,18H2,1-2H3. The molecule has 0 amide bonds. The highest BCUT2D eigenvalue weighted by molar-refractivity contribution is 7.11. The molecule has 1 fully saturated rings. The van der Waals surface area contributed by atoms with Crippen molar-refractivity contribution in [1.29, 1.82) is 0 Å². The third-order valence-corrected chi connectivity index (χ3v) is 6.14. The molecule has 0 saturated heterocycles. The quantitative estimate of drug-likeness (QED) is 0.796.